The molecule has 2 aliphatic rings. The van der Waals surface area contributed by atoms with Gasteiger partial charge in [-0.25, -0.2) is 0 Å². The zero-order chi connectivity index (χ0) is 17.6. The van der Waals surface area contributed by atoms with E-state index >= 15 is 0 Å². The number of piperidine rings is 1. The third kappa shape index (κ3) is 3.01. The molecular weight excluding hydrogens is 314 g/mol. The molecule has 4 unspecified atom stereocenters. The number of nitrogens with zero attached hydrogens (tertiary/aromatic N) is 1. The summed E-state index contributed by atoms with van der Waals surface area (Å²) >= 11 is 0. The lowest BCUT2D eigenvalue weighted by atomic mass is 9.87. The summed E-state index contributed by atoms with van der Waals surface area (Å²) in [6, 6.07) is 14.7. The van der Waals surface area contributed by atoms with E-state index in [4.69, 9.17) is 0 Å². The van der Waals surface area contributed by atoms with Gasteiger partial charge in [-0.2, -0.15) is 0 Å². The fourth-order valence-corrected chi connectivity index (χ4v) is 4.22. The van der Waals surface area contributed by atoms with Gasteiger partial charge in [-0.05, 0) is 41.0 Å². The second kappa shape index (κ2) is 6.17. The minimum Gasteiger partial charge on any atom is -0.481 e. The number of carboxylic acids is 1. The monoisotopic (exact) mass is 337 g/mol. The van der Waals surface area contributed by atoms with Crippen LogP contribution in [-0.4, -0.2) is 35.0 Å². The van der Waals surface area contributed by atoms with Crippen molar-refractivity contribution in [1.29, 1.82) is 0 Å². The third-order valence-electron chi connectivity index (χ3n) is 5.84. The van der Waals surface area contributed by atoms with E-state index in [1.165, 1.54) is 16.3 Å². The van der Waals surface area contributed by atoms with E-state index in [2.05, 4.69) is 30.3 Å². The molecule has 2 fully saturated rings. The molecule has 1 N–H and O–H groups in total. The lowest BCUT2D eigenvalue weighted by molar-refractivity contribution is -0.148. The Morgan fingerprint density at radius 1 is 1.08 bits per heavy atom. The van der Waals surface area contributed by atoms with E-state index < -0.39 is 5.97 Å². The van der Waals surface area contributed by atoms with Crippen molar-refractivity contribution in [3.8, 4) is 0 Å². The van der Waals surface area contributed by atoms with Crippen LogP contribution in [0.3, 0.4) is 0 Å². The van der Waals surface area contributed by atoms with Crippen molar-refractivity contribution in [3.05, 3.63) is 48.0 Å². The Morgan fingerprint density at radius 3 is 2.56 bits per heavy atom. The highest BCUT2D eigenvalue weighted by Crippen LogP contribution is 2.49. The van der Waals surface area contributed by atoms with Crippen LogP contribution in [0.1, 0.15) is 31.2 Å². The normalized spacial score (nSPS) is 28.8. The number of carboxylic acid groups (broad SMARTS) is 1. The van der Waals surface area contributed by atoms with Crippen LogP contribution in [0.25, 0.3) is 10.8 Å². The van der Waals surface area contributed by atoms with Gasteiger partial charge in [0, 0.05) is 19.0 Å². The number of likely N-dealkylation sites (tertiary alicyclic amines) is 1. The van der Waals surface area contributed by atoms with E-state index in [1.54, 1.807) is 0 Å². The molecule has 4 nitrogen and oxygen atoms in total. The number of carbonyl (C=O) groups is 2. The third-order valence-corrected chi connectivity index (χ3v) is 5.84. The summed E-state index contributed by atoms with van der Waals surface area (Å²) in [6.07, 6.45) is 1.47. The van der Waals surface area contributed by atoms with Gasteiger partial charge in [0.25, 0.3) is 0 Å². The Bertz CT molecular complexity index is 831. The SMILES string of the molecule is CC1CN(C(=O)C2CC2c2ccc3ccccc3c2)CCC1C(=O)O. The quantitative estimate of drug-likeness (QED) is 0.932. The Kier molecular flexibility index (Phi) is 3.98. The molecule has 1 amide bonds. The first kappa shape index (κ1) is 16.1. The summed E-state index contributed by atoms with van der Waals surface area (Å²) in [4.78, 5) is 25.9. The summed E-state index contributed by atoms with van der Waals surface area (Å²) in [5, 5.41) is 11.7. The summed E-state index contributed by atoms with van der Waals surface area (Å²) in [5.74, 6) is -0.458. The van der Waals surface area contributed by atoms with E-state index in [9.17, 15) is 14.7 Å². The van der Waals surface area contributed by atoms with Gasteiger partial charge >= 0.3 is 5.97 Å². The van der Waals surface area contributed by atoms with Crippen LogP contribution in [0, 0.1) is 17.8 Å². The van der Waals surface area contributed by atoms with Gasteiger partial charge in [0.1, 0.15) is 0 Å². The van der Waals surface area contributed by atoms with Crippen LogP contribution in [0.4, 0.5) is 0 Å². The smallest absolute Gasteiger partial charge is 0.306 e. The number of rotatable bonds is 3. The van der Waals surface area contributed by atoms with Crippen LogP contribution >= 0.6 is 0 Å². The highest BCUT2D eigenvalue weighted by Gasteiger charge is 2.47. The molecule has 0 aromatic heterocycles. The fourth-order valence-electron chi connectivity index (χ4n) is 4.22. The molecule has 1 heterocycles. The molecular formula is C21H23NO3. The maximum absolute atomic E-state index is 12.8. The highest BCUT2D eigenvalue weighted by molar-refractivity contribution is 5.86. The molecule has 1 aliphatic heterocycles. The predicted octanol–water partition coefficient (Wildman–Crippen LogP) is 3.51. The Balaban J connectivity index is 1.44. The number of hydrogen-bond donors (Lipinski definition) is 1. The molecule has 1 aliphatic carbocycles. The van der Waals surface area contributed by atoms with Gasteiger partial charge in [0.05, 0.1) is 5.92 Å². The number of amides is 1. The lowest BCUT2D eigenvalue weighted by Crippen LogP contribution is -2.45. The molecule has 25 heavy (non-hydrogen) atoms. The lowest BCUT2D eigenvalue weighted by Gasteiger charge is -2.35. The van der Waals surface area contributed by atoms with E-state index in [1.807, 2.05) is 24.0 Å². The first-order valence-corrected chi connectivity index (χ1v) is 9.05. The van der Waals surface area contributed by atoms with Crippen molar-refractivity contribution in [2.75, 3.05) is 13.1 Å². The van der Waals surface area contributed by atoms with E-state index in [-0.39, 0.29) is 23.7 Å². The number of hydrogen-bond acceptors (Lipinski definition) is 2. The van der Waals surface area contributed by atoms with Crippen LogP contribution < -0.4 is 0 Å². The predicted molar refractivity (Wildman–Crippen MR) is 96.3 cm³/mol. The Morgan fingerprint density at radius 2 is 1.84 bits per heavy atom. The summed E-state index contributed by atoms with van der Waals surface area (Å²) in [5.41, 5.74) is 1.24. The maximum Gasteiger partial charge on any atom is 0.306 e. The molecule has 4 atom stereocenters. The average molecular weight is 337 g/mol. The van der Waals surface area contributed by atoms with Gasteiger partial charge in [-0.15, -0.1) is 0 Å². The topological polar surface area (TPSA) is 57.6 Å². The van der Waals surface area contributed by atoms with Crippen molar-refractivity contribution >= 4 is 22.6 Å². The van der Waals surface area contributed by atoms with Crippen LogP contribution in [0.15, 0.2) is 42.5 Å². The summed E-state index contributed by atoms with van der Waals surface area (Å²) < 4.78 is 0. The molecule has 0 bridgehead atoms. The van der Waals surface area contributed by atoms with Gasteiger partial charge in [0.2, 0.25) is 5.91 Å². The molecule has 0 spiro atoms. The number of fused-ring (bicyclic) bond motifs is 1. The van der Waals surface area contributed by atoms with Crippen molar-refractivity contribution in [1.82, 2.24) is 4.90 Å². The Hall–Kier alpha value is -2.36. The molecule has 4 heteroatoms. The standard InChI is InChI=1S/C21H23NO3/c1-13-12-22(9-8-17(13)21(24)25)20(23)19-11-18(19)16-7-6-14-4-2-3-5-15(14)10-16/h2-7,10,13,17-19H,8-9,11-12H2,1H3,(H,24,25). The van der Waals surface area contributed by atoms with Gasteiger partial charge < -0.3 is 10.0 Å². The molecule has 4 rings (SSSR count). The van der Waals surface area contributed by atoms with Crippen molar-refractivity contribution < 1.29 is 14.7 Å². The molecule has 1 saturated carbocycles. The second-order valence-corrected chi connectivity index (χ2v) is 7.55. The maximum atomic E-state index is 12.8. The average Bonchev–Trinajstić information content (AvgIpc) is 3.41. The molecule has 1 saturated heterocycles. The van der Waals surface area contributed by atoms with Crippen LogP contribution in [-0.2, 0) is 9.59 Å². The van der Waals surface area contributed by atoms with Crippen molar-refractivity contribution in [3.63, 3.8) is 0 Å². The molecule has 2 aromatic rings. The van der Waals surface area contributed by atoms with E-state index in [0.717, 1.165) is 6.42 Å². The van der Waals surface area contributed by atoms with Crippen molar-refractivity contribution in [2.45, 2.75) is 25.7 Å². The molecule has 0 radical (unpaired) electrons. The fraction of sp³-hybridized carbons (Fsp3) is 0.429. The second-order valence-electron chi connectivity index (χ2n) is 7.55. The molecule has 130 valence electrons. The largest absolute Gasteiger partial charge is 0.481 e. The summed E-state index contributed by atoms with van der Waals surface area (Å²) in [7, 11) is 0. The zero-order valence-electron chi connectivity index (χ0n) is 14.4. The summed E-state index contributed by atoms with van der Waals surface area (Å²) in [6.45, 7) is 3.07. The minimum atomic E-state index is -0.736. The first-order chi connectivity index (χ1) is 12.0. The van der Waals surface area contributed by atoms with Gasteiger partial charge in [-0.3, -0.25) is 9.59 Å². The van der Waals surface area contributed by atoms with E-state index in [0.29, 0.717) is 25.4 Å². The number of aliphatic carboxylic acids is 1. The van der Waals surface area contributed by atoms with Crippen LogP contribution in [0.2, 0.25) is 0 Å². The van der Waals surface area contributed by atoms with Gasteiger partial charge in [-0.1, -0.05) is 49.4 Å². The first-order valence-electron chi connectivity index (χ1n) is 9.05. The van der Waals surface area contributed by atoms with Crippen molar-refractivity contribution in [2.24, 2.45) is 17.8 Å². The Labute approximate surface area is 147 Å². The minimum absolute atomic E-state index is 0.0214. The van der Waals surface area contributed by atoms with Crippen LogP contribution in [0.5, 0.6) is 0 Å². The highest BCUT2D eigenvalue weighted by atomic mass is 16.4. The van der Waals surface area contributed by atoms with Gasteiger partial charge in [0.15, 0.2) is 0 Å². The number of benzene rings is 2. The molecule has 2 aromatic carbocycles. The zero-order valence-corrected chi connectivity index (χ0v) is 14.4. The number of carbonyl (C=O) groups excluding carboxylic acids is 1.